The summed E-state index contributed by atoms with van der Waals surface area (Å²) in [6, 6.07) is 0. The topological polar surface area (TPSA) is 39.1 Å². The Labute approximate surface area is 84.3 Å². The molecule has 1 aromatic rings. The lowest BCUT2D eigenvalue weighted by Crippen LogP contribution is -2.50. The third-order valence-electron chi connectivity index (χ3n) is 2.29. The van der Waals surface area contributed by atoms with Crippen LogP contribution in [0.25, 0.3) is 0 Å². The van der Waals surface area contributed by atoms with Crippen LogP contribution in [0.3, 0.4) is 0 Å². The van der Waals surface area contributed by atoms with Gasteiger partial charge in [0.25, 0.3) is 0 Å². The summed E-state index contributed by atoms with van der Waals surface area (Å²) in [5.41, 5.74) is 0.0273. The van der Waals surface area contributed by atoms with E-state index in [9.17, 15) is 0 Å². The monoisotopic (exact) mass is 195 g/mol. The van der Waals surface area contributed by atoms with E-state index in [1.54, 1.807) is 6.20 Å². The van der Waals surface area contributed by atoms with Crippen LogP contribution in [0.4, 0.5) is 0 Å². The smallest absolute Gasteiger partial charge is 0.157 e. The molecule has 0 atom stereocenters. The van der Waals surface area contributed by atoms with Crippen molar-refractivity contribution in [2.24, 2.45) is 0 Å². The van der Waals surface area contributed by atoms with Gasteiger partial charge in [0.15, 0.2) is 5.75 Å². The Hall–Kier alpha value is -1.03. The molecular formula is C10H17N3O. The molecule has 1 N–H and O–H groups in total. The molecule has 78 valence electrons. The zero-order valence-corrected chi connectivity index (χ0v) is 8.95. The van der Waals surface area contributed by atoms with Gasteiger partial charge in [0.1, 0.15) is 6.10 Å². The second-order valence-electron chi connectivity index (χ2n) is 4.69. The van der Waals surface area contributed by atoms with Crippen molar-refractivity contribution in [3.05, 3.63) is 12.4 Å². The first-order chi connectivity index (χ1) is 6.55. The van der Waals surface area contributed by atoms with Gasteiger partial charge in [-0.2, -0.15) is 5.10 Å². The molecule has 0 bridgehead atoms. The number of nitrogens with one attached hydrogen (secondary N) is 1. The van der Waals surface area contributed by atoms with Crippen molar-refractivity contribution in [2.75, 3.05) is 13.1 Å². The van der Waals surface area contributed by atoms with E-state index < -0.39 is 0 Å². The molecule has 1 aliphatic rings. The van der Waals surface area contributed by atoms with Crippen LogP contribution in [0.2, 0.25) is 0 Å². The summed E-state index contributed by atoms with van der Waals surface area (Å²) < 4.78 is 7.61. The third-order valence-corrected chi connectivity index (χ3v) is 2.29. The first-order valence-corrected chi connectivity index (χ1v) is 4.98. The standard InChI is InChI=1S/C10H17N3O/c1-10(2,3)13-7-9(6-12-13)14-8-4-11-5-8/h6-8,11H,4-5H2,1-3H3. The molecule has 2 rings (SSSR count). The first kappa shape index (κ1) is 9.52. The van der Waals surface area contributed by atoms with Crippen LogP contribution >= 0.6 is 0 Å². The molecule has 0 aliphatic carbocycles. The van der Waals surface area contributed by atoms with E-state index in [1.807, 2.05) is 10.9 Å². The van der Waals surface area contributed by atoms with Gasteiger partial charge in [0, 0.05) is 13.1 Å². The van der Waals surface area contributed by atoms with Crippen LogP contribution < -0.4 is 10.1 Å². The fourth-order valence-electron chi connectivity index (χ4n) is 1.27. The van der Waals surface area contributed by atoms with Crippen molar-refractivity contribution in [3.8, 4) is 5.75 Å². The van der Waals surface area contributed by atoms with Gasteiger partial charge in [-0.15, -0.1) is 0 Å². The number of aromatic nitrogens is 2. The van der Waals surface area contributed by atoms with E-state index in [-0.39, 0.29) is 5.54 Å². The van der Waals surface area contributed by atoms with Crippen molar-refractivity contribution >= 4 is 0 Å². The summed E-state index contributed by atoms with van der Waals surface area (Å²) in [6.07, 6.45) is 4.06. The molecule has 0 aromatic carbocycles. The largest absolute Gasteiger partial charge is 0.484 e. The predicted octanol–water partition coefficient (Wildman–Crippen LogP) is 0.989. The lowest BCUT2D eigenvalue weighted by molar-refractivity contribution is 0.142. The molecular weight excluding hydrogens is 178 g/mol. The van der Waals surface area contributed by atoms with Crippen molar-refractivity contribution in [1.29, 1.82) is 0 Å². The normalized spacial score (nSPS) is 17.9. The molecule has 0 amide bonds. The SMILES string of the molecule is CC(C)(C)n1cc(OC2CNC2)cn1. The van der Waals surface area contributed by atoms with Crippen LogP contribution in [0.1, 0.15) is 20.8 Å². The highest BCUT2D eigenvalue weighted by Crippen LogP contribution is 2.18. The number of rotatable bonds is 2. The highest BCUT2D eigenvalue weighted by Gasteiger charge is 2.20. The molecule has 1 saturated heterocycles. The summed E-state index contributed by atoms with van der Waals surface area (Å²) in [6.45, 7) is 8.25. The highest BCUT2D eigenvalue weighted by atomic mass is 16.5. The molecule has 1 aliphatic heterocycles. The average molecular weight is 195 g/mol. The van der Waals surface area contributed by atoms with E-state index in [0.717, 1.165) is 18.8 Å². The number of nitrogens with zero attached hydrogens (tertiary/aromatic N) is 2. The molecule has 1 fully saturated rings. The predicted molar refractivity (Wildman–Crippen MR) is 54.5 cm³/mol. The highest BCUT2D eigenvalue weighted by molar-refractivity contribution is 5.14. The van der Waals surface area contributed by atoms with Gasteiger partial charge < -0.3 is 10.1 Å². The maximum Gasteiger partial charge on any atom is 0.157 e. The van der Waals surface area contributed by atoms with E-state index >= 15 is 0 Å². The minimum absolute atomic E-state index is 0.0273. The minimum atomic E-state index is 0.0273. The zero-order chi connectivity index (χ0) is 10.2. The van der Waals surface area contributed by atoms with Crippen molar-refractivity contribution in [2.45, 2.75) is 32.4 Å². The van der Waals surface area contributed by atoms with E-state index in [4.69, 9.17) is 4.74 Å². The molecule has 0 saturated carbocycles. The van der Waals surface area contributed by atoms with Gasteiger partial charge >= 0.3 is 0 Å². The van der Waals surface area contributed by atoms with Crippen LogP contribution in [0.5, 0.6) is 5.75 Å². The average Bonchev–Trinajstić information content (AvgIpc) is 2.43. The number of ether oxygens (including phenoxy) is 1. The Morgan fingerprint density at radius 3 is 2.64 bits per heavy atom. The molecule has 0 radical (unpaired) electrons. The van der Waals surface area contributed by atoms with Gasteiger partial charge in [-0.3, -0.25) is 4.68 Å². The number of hydrogen-bond donors (Lipinski definition) is 1. The molecule has 4 nitrogen and oxygen atoms in total. The molecule has 1 aromatic heterocycles. The summed E-state index contributed by atoms with van der Waals surface area (Å²) in [7, 11) is 0. The summed E-state index contributed by atoms with van der Waals surface area (Å²) in [4.78, 5) is 0. The fourth-order valence-corrected chi connectivity index (χ4v) is 1.27. The molecule has 2 heterocycles. The lowest BCUT2D eigenvalue weighted by atomic mass is 10.1. The van der Waals surface area contributed by atoms with E-state index in [1.165, 1.54) is 0 Å². The summed E-state index contributed by atoms with van der Waals surface area (Å²) >= 11 is 0. The van der Waals surface area contributed by atoms with Crippen molar-refractivity contribution in [3.63, 3.8) is 0 Å². The second kappa shape index (κ2) is 3.28. The lowest BCUT2D eigenvalue weighted by Gasteiger charge is -2.27. The second-order valence-corrected chi connectivity index (χ2v) is 4.69. The Kier molecular flexibility index (Phi) is 2.23. The molecule has 14 heavy (non-hydrogen) atoms. The van der Waals surface area contributed by atoms with Gasteiger partial charge in [-0.1, -0.05) is 0 Å². The first-order valence-electron chi connectivity index (χ1n) is 4.98. The maximum absolute atomic E-state index is 5.68. The molecule has 0 spiro atoms. The van der Waals surface area contributed by atoms with Crippen molar-refractivity contribution < 1.29 is 4.74 Å². The van der Waals surface area contributed by atoms with Gasteiger partial charge in [0.2, 0.25) is 0 Å². The van der Waals surface area contributed by atoms with Gasteiger partial charge in [-0.25, -0.2) is 0 Å². The fraction of sp³-hybridized carbons (Fsp3) is 0.700. The molecule has 4 heteroatoms. The van der Waals surface area contributed by atoms with E-state index in [2.05, 4.69) is 31.2 Å². The zero-order valence-electron chi connectivity index (χ0n) is 8.95. The van der Waals surface area contributed by atoms with Crippen molar-refractivity contribution in [1.82, 2.24) is 15.1 Å². The van der Waals surface area contributed by atoms with Crippen LogP contribution in [0.15, 0.2) is 12.4 Å². The van der Waals surface area contributed by atoms with Gasteiger partial charge in [-0.05, 0) is 20.8 Å². The summed E-state index contributed by atoms with van der Waals surface area (Å²) in [5.74, 6) is 0.867. The Morgan fingerprint density at radius 2 is 2.21 bits per heavy atom. The Bertz CT molecular complexity index is 309. The number of hydrogen-bond acceptors (Lipinski definition) is 3. The Balaban J connectivity index is 2.02. The summed E-state index contributed by atoms with van der Waals surface area (Å²) in [5, 5.41) is 7.44. The minimum Gasteiger partial charge on any atom is -0.484 e. The van der Waals surface area contributed by atoms with Crippen LogP contribution in [-0.2, 0) is 5.54 Å². The van der Waals surface area contributed by atoms with Gasteiger partial charge in [0.05, 0.1) is 17.9 Å². The third kappa shape index (κ3) is 1.90. The van der Waals surface area contributed by atoms with Crippen LogP contribution in [-0.4, -0.2) is 29.0 Å². The van der Waals surface area contributed by atoms with Crippen LogP contribution in [0, 0.1) is 0 Å². The molecule has 0 unspecified atom stereocenters. The van der Waals surface area contributed by atoms with E-state index in [0.29, 0.717) is 6.10 Å². The maximum atomic E-state index is 5.68. The Morgan fingerprint density at radius 1 is 1.50 bits per heavy atom. The quantitative estimate of drug-likeness (QED) is 0.765.